The number of hydrogen-bond donors (Lipinski definition) is 0. The van der Waals surface area contributed by atoms with Crippen molar-refractivity contribution in [3.63, 3.8) is 0 Å². The van der Waals surface area contributed by atoms with Gasteiger partial charge in [0.25, 0.3) is 0 Å². The van der Waals surface area contributed by atoms with E-state index < -0.39 is 5.97 Å². The van der Waals surface area contributed by atoms with Gasteiger partial charge < -0.3 is 9.47 Å². The van der Waals surface area contributed by atoms with Crippen molar-refractivity contribution in [2.45, 2.75) is 0 Å². The minimum Gasteiger partial charge on any atom is -0.465 e. The third-order valence-electron chi connectivity index (χ3n) is 3.99. The number of carbonyl (C=O) groups is 1. The van der Waals surface area contributed by atoms with Gasteiger partial charge in [0.1, 0.15) is 0 Å². The monoisotopic (exact) mass is 336 g/mol. The van der Waals surface area contributed by atoms with Crippen molar-refractivity contribution in [3.05, 3.63) is 53.7 Å². The van der Waals surface area contributed by atoms with Crippen LogP contribution < -0.4 is 0 Å². The first-order chi connectivity index (χ1) is 12.3. The van der Waals surface area contributed by atoms with Gasteiger partial charge in [-0.1, -0.05) is 42.2 Å². The molecule has 1 fully saturated rings. The van der Waals surface area contributed by atoms with E-state index in [1.165, 1.54) is 13.3 Å². The Morgan fingerprint density at radius 3 is 2.76 bits per heavy atom. The Kier molecular flexibility index (Phi) is 5.78. The van der Waals surface area contributed by atoms with Crippen molar-refractivity contribution in [2.75, 3.05) is 40.0 Å². The molecule has 0 aliphatic carbocycles. The maximum absolute atomic E-state index is 11.8. The number of carbonyl (C=O) groups excluding carboxylic acids is 1. The van der Waals surface area contributed by atoms with Gasteiger partial charge in [0.05, 0.1) is 43.7 Å². The summed E-state index contributed by atoms with van der Waals surface area (Å²) >= 11 is 0. The van der Waals surface area contributed by atoms with E-state index in [-0.39, 0.29) is 0 Å². The van der Waals surface area contributed by atoms with Gasteiger partial charge in [-0.3, -0.25) is 9.88 Å². The fraction of sp³-hybridized carbons (Fsp3) is 0.300. The van der Waals surface area contributed by atoms with Crippen molar-refractivity contribution in [1.82, 2.24) is 9.88 Å². The molecule has 2 heterocycles. The molecule has 1 aromatic carbocycles. The molecule has 0 unspecified atom stereocenters. The molecule has 0 atom stereocenters. The Balaban J connectivity index is 1.89. The molecule has 0 bridgehead atoms. The summed E-state index contributed by atoms with van der Waals surface area (Å²) in [5.41, 5.74) is 2.86. The summed E-state index contributed by atoms with van der Waals surface area (Å²) < 4.78 is 10.1. The molecule has 128 valence electrons. The van der Waals surface area contributed by atoms with Crippen LogP contribution in [0.5, 0.6) is 0 Å². The predicted octanol–water partition coefficient (Wildman–Crippen LogP) is 2.22. The van der Waals surface area contributed by atoms with Gasteiger partial charge in [-0.25, -0.2) is 4.79 Å². The van der Waals surface area contributed by atoms with Crippen molar-refractivity contribution >= 4 is 5.97 Å². The first-order valence-electron chi connectivity index (χ1n) is 8.20. The van der Waals surface area contributed by atoms with Crippen LogP contribution in [0.3, 0.4) is 0 Å². The zero-order valence-corrected chi connectivity index (χ0v) is 14.2. The number of benzene rings is 1. The van der Waals surface area contributed by atoms with E-state index >= 15 is 0 Å². The molecule has 25 heavy (non-hydrogen) atoms. The number of nitrogens with zero attached hydrogens (tertiary/aromatic N) is 2. The summed E-state index contributed by atoms with van der Waals surface area (Å²) in [4.78, 5) is 18.5. The summed E-state index contributed by atoms with van der Waals surface area (Å²) in [5, 5.41) is 0. The van der Waals surface area contributed by atoms with Crippen LogP contribution in [0, 0.1) is 11.8 Å². The second kappa shape index (κ2) is 8.43. The second-order valence-electron chi connectivity index (χ2n) is 5.67. The van der Waals surface area contributed by atoms with Crippen LogP contribution >= 0.6 is 0 Å². The zero-order chi connectivity index (χ0) is 17.5. The second-order valence-corrected chi connectivity index (χ2v) is 5.67. The molecule has 5 nitrogen and oxygen atoms in total. The highest BCUT2D eigenvalue weighted by atomic mass is 16.5. The molecule has 3 rings (SSSR count). The van der Waals surface area contributed by atoms with E-state index in [9.17, 15) is 4.79 Å². The van der Waals surface area contributed by atoms with E-state index in [0.29, 0.717) is 12.1 Å². The normalized spacial score (nSPS) is 14.4. The number of ether oxygens (including phenoxy) is 2. The summed E-state index contributed by atoms with van der Waals surface area (Å²) in [7, 11) is 1.36. The minimum atomic E-state index is -0.414. The summed E-state index contributed by atoms with van der Waals surface area (Å²) in [6, 6.07) is 11.6. The average Bonchev–Trinajstić information content (AvgIpc) is 2.69. The van der Waals surface area contributed by atoms with Crippen molar-refractivity contribution in [2.24, 2.45) is 0 Å². The van der Waals surface area contributed by atoms with Crippen LogP contribution in [0.2, 0.25) is 0 Å². The number of pyridine rings is 1. The van der Waals surface area contributed by atoms with Crippen LogP contribution in [0.4, 0.5) is 0 Å². The molecule has 0 spiro atoms. The Bertz CT molecular complexity index is 788. The lowest BCUT2D eigenvalue weighted by Crippen LogP contribution is -2.36. The van der Waals surface area contributed by atoms with Crippen molar-refractivity contribution < 1.29 is 14.3 Å². The van der Waals surface area contributed by atoms with Crippen LogP contribution in [0.1, 0.15) is 15.9 Å². The molecule has 5 heteroatoms. The van der Waals surface area contributed by atoms with E-state index in [1.54, 1.807) is 6.07 Å². The smallest absolute Gasteiger partial charge is 0.339 e. The first-order valence-corrected chi connectivity index (χ1v) is 8.20. The van der Waals surface area contributed by atoms with Crippen molar-refractivity contribution in [1.29, 1.82) is 0 Å². The van der Waals surface area contributed by atoms with Crippen LogP contribution in [-0.2, 0) is 9.47 Å². The molecule has 1 saturated heterocycles. The lowest BCUT2D eigenvalue weighted by atomic mass is 10.0. The lowest BCUT2D eigenvalue weighted by Gasteiger charge is -2.24. The number of methoxy groups -OCH3 is 1. The third-order valence-corrected chi connectivity index (χ3v) is 3.99. The highest BCUT2D eigenvalue weighted by Crippen LogP contribution is 2.21. The first kappa shape index (κ1) is 17.2. The fourth-order valence-electron chi connectivity index (χ4n) is 2.62. The van der Waals surface area contributed by atoms with Gasteiger partial charge in [0.15, 0.2) is 0 Å². The van der Waals surface area contributed by atoms with Crippen LogP contribution in [0.25, 0.3) is 11.3 Å². The number of hydrogen-bond acceptors (Lipinski definition) is 5. The highest BCUT2D eigenvalue weighted by Gasteiger charge is 2.12. The molecule has 0 amide bonds. The Labute approximate surface area is 147 Å². The van der Waals surface area contributed by atoms with Crippen LogP contribution in [0.15, 0.2) is 42.6 Å². The third kappa shape index (κ3) is 4.44. The molecular formula is C20H20N2O3. The molecule has 0 N–H and O–H groups in total. The van der Waals surface area contributed by atoms with Gasteiger partial charge in [-0.05, 0) is 6.07 Å². The molecule has 0 radical (unpaired) electrons. The molecule has 0 saturated carbocycles. The lowest BCUT2D eigenvalue weighted by molar-refractivity contribution is 0.0443. The number of aromatic nitrogens is 1. The fourth-order valence-corrected chi connectivity index (χ4v) is 2.62. The Hall–Kier alpha value is -2.68. The summed E-state index contributed by atoms with van der Waals surface area (Å²) in [6.07, 6.45) is 1.53. The van der Waals surface area contributed by atoms with E-state index in [0.717, 1.165) is 43.1 Å². The van der Waals surface area contributed by atoms with Gasteiger partial charge in [0.2, 0.25) is 0 Å². The van der Waals surface area contributed by atoms with Gasteiger partial charge >= 0.3 is 5.97 Å². The van der Waals surface area contributed by atoms with E-state index in [2.05, 4.69) is 21.7 Å². The van der Waals surface area contributed by atoms with Gasteiger partial charge in [-0.2, -0.15) is 0 Å². The van der Waals surface area contributed by atoms with Gasteiger partial charge in [0, 0.05) is 24.8 Å². The summed E-state index contributed by atoms with van der Waals surface area (Å²) in [5.74, 6) is 5.96. The molecule has 1 aliphatic rings. The number of morpholine rings is 1. The van der Waals surface area contributed by atoms with Crippen molar-refractivity contribution in [3.8, 4) is 23.1 Å². The van der Waals surface area contributed by atoms with Crippen LogP contribution in [-0.4, -0.2) is 55.8 Å². The summed E-state index contributed by atoms with van der Waals surface area (Å²) in [6.45, 7) is 3.94. The quantitative estimate of drug-likeness (QED) is 0.635. The molecule has 1 aromatic heterocycles. The average molecular weight is 336 g/mol. The highest BCUT2D eigenvalue weighted by molar-refractivity contribution is 5.90. The zero-order valence-electron chi connectivity index (χ0n) is 14.2. The Morgan fingerprint density at radius 2 is 2.04 bits per heavy atom. The maximum atomic E-state index is 11.8. The van der Waals surface area contributed by atoms with Gasteiger partial charge in [-0.15, -0.1) is 0 Å². The Morgan fingerprint density at radius 1 is 1.28 bits per heavy atom. The van der Waals surface area contributed by atoms with E-state index in [1.807, 2.05) is 30.3 Å². The number of rotatable bonds is 3. The number of esters is 1. The minimum absolute atomic E-state index is 0.401. The molecular weight excluding hydrogens is 316 g/mol. The standard InChI is InChI=1S/C20H20N2O3/c1-24-20(23)18-14-17(8-5-9-22-10-12-25-13-11-22)19(21-15-18)16-6-3-2-4-7-16/h2-4,6-7,14-15H,9-13H2,1H3. The molecule has 2 aromatic rings. The topological polar surface area (TPSA) is 51.7 Å². The maximum Gasteiger partial charge on any atom is 0.339 e. The van der Waals surface area contributed by atoms with E-state index in [4.69, 9.17) is 9.47 Å². The SMILES string of the molecule is COC(=O)c1cnc(-c2ccccc2)c(C#CCN2CCOCC2)c1. The molecule has 1 aliphatic heterocycles. The predicted molar refractivity (Wildman–Crippen MR) is 95.1 cm³/mol. The largest absolute Gasteiger partial charge is 0.465 e.